The summed E-state index contributed by atoms with van der Waals surface area (Å²) in [6.07, 6.45) is 0.483. The van der Waals surface area contributed by atoms with E-state index in [2.05, 4.69) is 10.6 Å². The van der Waals surface area contributed by atoms with Crippen LogP contribution in [0.1, 0.15) is 49.4 Å². The quantitative estimate of drug-likeness (QED) is 0.384. The highest BCUT2D eigenvalue weighted by Crippen LogP contribution is 2.53. The van der Waals surface area contributed by atoms with Crippen LogP contribution in [0.5, 0.6) is 0 Å². The highest BCUT2D eigenvalue weighted by molar-refractivity contribution is 7.92. The lowest BCUT2D eigenvalue weighted by Gasteiger charge is -2.42. The molecule has 2 aromatic carbocycles. The number of rotatable bonds is 8. The van der Waals surface area contributed by atoms with Crippen LogP contribution in [0.15, 0.2) is 41.3 Å². The minimum atomic E-state index is -4.03. The van der Waals surface area contributed by atoms with Crippen molar-refractivity contribution in [3.8, 4) is 0 Å². The van der Waals surface area contributed by atoms with Gasteiger partial charge in [-0.15, -0.1) is 0 Å². The summed E-state index contributed by atoms with van der Waals surface area (Å²) >= 11 is 6.25. The molecule has 0 aromatic heterocycles. The molecule has 0 heterocycles. The maximum absolute atomic E-state index is 13.7. The van der Waals surface area contributed by atoms with Crippen molar-refractivity contribution in [2.45, 2.75) is 60.9 Å². The first kappa shape index (κ1) is 28.4. The number of carbonyl (C=O) groups excluding carboxylic acids is 2. The summed E-state index contributed by atoms with van der Waals surface area (Å²) < 4.78 is 54.0. The molecule has 2 aromatic rings. The molecule has 38 heavy (non-hydrogen) atoms. The van der Waals surface area contributed by atoms with Crippen LogP contribution in [0, 0.1) is 23.5 Å². The van der Waals surface area contributed by atoms with Gasteiger partial charge in [0.05, 0.1) is 33.3 Å². The number of carbonyl (C=O) groups is 2. The molecule has 2 amide bonds. The largest absolute Gasteiger partial charge is 0.392 e. The maximum atomic E-state index is 13.7. The van der Waals surface area contributed by atoms with E-state index in [0.29, 0.717) is 12.8 Å². The molecule has 0 radical (unpaired) electrons. The van der Waals surface area contributed by atoms with Crippen molar-refractivity contribution in [3.05, 3.63) is 58.6 Å². The van der Waals surface area contributed by atoms with Crippen LogP contribution in [0.4, 0.5) is 14.5 Å². The van der Waals surface area contributed by atoms with Crippen molar-refractivity contribution in [1.82, 2.24) is 5.32 Å². The molecule has 5 atom stereocenters. The first-order chi connectivity index (χ1) is 17.8. The normalized spacial score (nSPS) is 25.6. The third-order valence-electron chi connectivity index (χ3n) is 7.53. The summed E-state index contributed by atoms with van der Waals surface area (Å²) in [5.74, 6) is -4.19. The number of nitrogens with one attached hydrogen (secondary N) is 2. The summed E-state index contributed by atoms with van der Waals surface area (Å²) in [6.45, 7) is 1.58. The monoisotopic (exact) mass is 570 g/mol. The van der Waals surface area contributed by atoms with Crippen molar-refractivity contribution in [1.29, 1.82) is 0 Å². The number of hydrogen-bond acceptors (Lipinski definition) is 6. The molecule has 2 fully saturated rings. The van der Waals surface area contributed by atoms with E-state index < -0.39 is 62.1 Å². The predicted octanol–water partition coefficient (Wildman–Crippen LogP) is 3.45. The average Bonchev–Trinajstić information content (AvgIpc) is 3.00. The molecule has 4 N–H and O–H groups in total. The van der Waals surface area contributed by atoms with E-state index in [1.807, 2.05) is 0 Å². The van der Waals surface area contributed by atoms with Crippen LogP contribution >= 0.6 is 11.6 Å². The second-order valence-electron chi connectivity index (χ2n) is 10.2. The van der Waals surface area contributed by atoms with Crippen LogP contribution in [0.2, 0.25) is 5.02 Å². The minimum absolute atomic E-state index is 0.00567. The van der Waals surface area contributed by atoms with Gasteiger partial charge in [-0.05, 0) is 74.8 Å². The minimum Gasteiger partial charge on any atom is -0.392 e. The number of aliphatic hydroxyl groups excluding tert-OH is 1. The number of halogens is 3. The van der Waals surface area contributed by atoms with Gasteiger partial charge in [-0.2, -0.15) is 0 Å². The van der Waals surface area contributed by atoms with Gasteiger partial charge in [0.1, 0.15) is 0 Å². The van der Waals surface area contributed by atoms with E-state index in [4.69, 9.17) is 11.6 Å². The summed E-state index contributed by atoms with van der Waals surface area (Å²) in [5.41, 5.74) is -1.39. The molecule has 8 nitrogen and oxygen atoms in total. The SMILES string of the molecule is C[C@H](O)CNC(=O)CC1(O)C2CC[C@@H]1CC(S(=O)(=O)c1cc(C(=O)Nc3ccc(F)c(F)c3)ccc1Cl)C2. The number of benzene rings is 2. The van der Waals surface area contributed by atoms with Crippen molar-refractivity contribution in [2.75, 3.05) is 11.9 Å². The highest BCUT2D eigenvalue weighted by Gasteiger charge is 2.56. The zero-order chi connectivity index (χ0) is 27.8. The zero-order valence-electron chi connectivity index (χ0n) is 20.6. The van der Waals surface area contributed by atoms with Gasteiger partial charge in [-0.25, -0.2) is 17.2 Å². The molecular weight excluding hydrogens is 542 g/mol. The number of fused-ring (bicyclic) bond motifs is 2. The van der Waals surface area contributed by atoms with Crippen LogP contribution in [0.25, 0.3) is 0 Å². The van der Waals surface area contributed by atoms with E-state index in [1.165, 1.54) is 25.1 Å². The fourth-order valence-electron chi connectivity index (χ4n) is 5.55. The Labute approximate surface area is 224 Å². The first-order valence-electron chi connectivity index (χ1n) is 12.3. The molecule has 0 spiro atoms. The predicted molar refractivity (Wildman–Crippen MR) is 136 cm³/mol. The molecular formula is C26H29ClF2N2O6S. The van der Waals surface area contributed by atoms with Crippen LogP contribution in [-0.2, 0) is 14.6 Å². The van der Waals surface area contributed by atoms with Gasteiger partial charge in [-0.1, -0.05) is 11.6 Å². The van der Waals surface area contributed by atoms with Gasteiger partial charge >= 0.3 is 0 Å². The Balaban J connectivity index is 1.51. The van der Waals surface area contributed by atoms with Gasteiger partial charge in [0, 0.05) is 23.9 Å². The number of hydrogen-bond donors (Lipinski definition) is 4. The highest BCUT2D eigenvalue weighted by atomic mass is 35.5. The standard InChI is InChI=1S/C26H29ClF2N2O6S/c1-14(32)13-30-24(33)12-26(35)16-3-4-17(26)10-19(9-16)38(36,37)23-8-15(2-6-20(23)27)25(34)31-18-5-7-21(28)22(29)11-18/h2,5-8,11,14,16-17,19,32,35H,3-4,9-10,12-13H2,1H3,(H,30,33)(H,31,34)/t14-,16+,17?,19?,26?/m0/s1. The Morgan fingerprint density at radius 1 is 1.11 bits per heavy atom. The Bertz CT molecular complexity index is 1340. The van der Waals surface area contributed by atoms with Crippen molar-refractivity contribution >= 4 is 38.9 Å². The lowest BCUT2D eigenvalue weighted by atomic mass is 9.72. The maximum Gasteiger partial charge on any atom is 0.255 e. The third kappa shape index (κ3) is 5.70. The van der Waals surface area contributed by atoms with E-state index in [0.717, 1.165) is 18.2 Å². The molecule has 12 heteroatoms. The summed E-state index contributed by atoms with van der Waals surface area (Å²) in [7, 11) is -4.03. The second-order valence-corrected chi connectivity index (χ2v) is 12.8. The fraction of sp³-hybridized carbons (Fsp3) is 0.462. The lowest BCUT2D eigenvalue weighted by molar-refractivity contribution is -0.133. The van der Waals surface area contributed by atoms with E-state index >= 15 is 0 Å². The number of sulfone groups is 1. The number of aliphatic hydroxyl groups is 2. The Morgan fingerprint density at radius 2 is 1.76 bits per heavy atom. The summed E-state index contributed by atoms with van der Waals surface area (Å²) in [5, 5.41) is 24.8. The van der Waals surface area contributed by atoms with Gasteiger partial charge < -0.3 is 20.8 Å². The number of anilines is 1. The van der Waals surface area contributed by atoms with Crippen molar-refractivity contribution < 1.29 is 37.0 Å². The fourth-order valence-corrected chi connectivity index (χ4v) is 7.95. The Morgan fingerprint density at radius 3 is 2.37 bits per heavy atom. The molecule has 4 rings (SSSR count). The third-order valence-corrected chi connectivity index (χ3v) is 10.2. The van der Waals surface area contributed by atoms with Crippen molar-refractivity contribution in [2.24, 2.45) is 11.8 Å². The molecule has 2 saturated carbocycles. The molecule has 0 saturated heterocycles. The molecule has 206 valence electrons. The summed E-state index contributed by atoms with van der Waals surface area (Å²) in [6, 6.07) is 6.61. The molecule has 3 unspecified atom stereocenters. The van der Waals surface area contributed by atoms with Gasteiger partial charge in [0.2, 0.25) is 5.91 Å². The van der Waals surface area contributed by atoms with Crippen LogP contribution in [-0.4, -0.2) is 53.9 Å². The van der Waals surface area contributed by atoms with E-state index in [9.17, 15) is 37.0 Å². The molecule has 2 aliphatic carbocycles. The average molecular weight is 571 g/mol. The number of amides is 2. The topological polar surface area (TPSA) is 133 Å². The van der Waals surface area contributed by atoms with E-state index in [-0.39, 0.29) is 47.0 Å². The molecule has 2 bridgehead atoms. The summed E-state index contributed by atoms with van der Waals surface area (Å²) in [4.78, 5) is 24.8. The van der Waals surface area contributed by atoms with Crippen LogP contribution < -0.4 is 10.6 Å². The Hall–Kier alpha value is -2.60. The van der Waals surface area contributed by atoms with Gasteiger partial charge in [0.25, 0.3) is 5.91 Å². The second kappa shape index (κ2) is 10.9. The molecule has 0 aliphatic heterocycles. The Kier molecular flexibility index (Phi) is 8.13. The van der Waals surface area contributed by atoms with E-state index in [1.54, 1.807) is 0 Å². The first-order valence-corrected chi connectivity index (χ1v) is 14.2. The smallest absolute Gasteiger partial charge is 0.255 e. The lowest BCUT2D eigenvalue weighted by Crippen LogP contribution is -2.51. The van der Waals surface area contributed by atoms with Gasteiger partial charge in [-0.3, -0.25) is 9.59 Å². The zero-order valence-corrected chi connectivity index (χ0v) is 22.2. The molecule has 2 aliphatic rings. The van der Waals surface area contributed by atoms with Gasteiger partial charge in [0.15, 0.2) is 21.5 Å². The van der Waals surface area contributed by atoms with Crippen molar-refractivity contribution in [3.63, 3.8) is 0 Å². The van der Waals surface area contributed by atoms with Crippen LogP contribution in [0.3, 0.4) is 0 Å².